The smallest absolute Gasteiger partial charge is 0.132 e. The van der Waals surface area contributed by atoms with E-state index in [-0.39, 0.29) is 5.82 Å². The predicted octanol–water partition coefficient (Wildman–Crippen LogP) is 2.43. The summed E-state index contributed by atoms with van der Waals surface area (Å²) in [6.45, 7) is 4.36. The summed E-state index contributed by atoms with van der Waals surface area (Å²) in [7, 11) is 0. The van der Waals surface area contributed by atoms with Gasteiger partial charge in [0.15, 0.2) is 0 Å². The van der Waals surface area contributed by atoms with Crippen molar-refractivity contribution in [2.75, 3.05) is 0 Å². The molecule has 1 unspecified atom stereocenters. The van der Waals surface area contributed by atoms with E-state index in [4.69, 9.17) is 0 Å². The minimum Gasteiger partial charge on any atom is -0.383 e. The lowest BCUT2D eigenvalue weighted by atomic mass is 10.0. The number of aliphatic hydroxyl groups excluding tert-OH is 1. The van der Waals surface area contributed by atoms with Crippen LogP contribution < -0.4 is 0 Å². The number of nitrogens with zero attached hydrogens (tertiary/aromatic N) is 2. The Bertz CT molecular complexity index is 522. The number of hydrogen-bond acceptors (Lipinski definition) is 2. The first-order chi connectivity index (χ1) is 8.13. The van der Waals surface area contributed by atoms with Gasteiger partial charge in [-0.2, -0.15) is 5.10 Å². The van der Waals surface area contributed by atoms with Crippen LogP contribution in [0.25, 0.3) is 0 Å². The van der Waals surface area contributed by atoms with Crippen LogP contribution in [0.5, 0.6) is 0 Å². The van der Waals surface area contributed by atoms with Crippen molar-refractivity contribution >= 4 is 0 Å². The zero-order valence-corrected chi connectivity index (χ0v) is 9.89. The largest absolute Gasteiger partial charge is 0.383 e. The molecule has 0 radical (unpaired) electrons. The molecule has 3 nitrogen and oxygen atoms in total. The molecule has 1 N–H and O–H groups in total. The van der Waals surface area contributed by atoms with E-state index >= 15 is 0 Å². The van der Waals surface area contributed by atoms with E-state index in [0.29, 0.717) is 16.7 Å². The maximum absolute atomic E-state index is 13.8. The minimum absolute atomic E-state index is 0.292. The summed E-state index contributed by atoms with van der Waals surface area (Å²) in [6, 6.07) is 5.01. The maximum atomic E-state index is 13.8. The third kappa shape index (κ3) is 2.22. The number of rotatable bonds is 3. The summed E-state index contributed by atoms with van der Waals surface area (Å²) >= 11 is 0. The van der Waals surface area contributed by atoms with Gasteiger partial charge < -0.3 is 5.11 Å². The number of aliphatic hydroxyl groups is 1. The molecule has 0 aliphatic rings. The normalized spacial score (nSPS) is 12.7. The fourth-order valence-corrected chi connectivity index (χ4v) is 1.75. The lowest BCUT2D eigenvalue weighted by Gasteiger charge is -2.11. The van der Waals surface area contributed by atoms with Crippen LogP contribution >= 0.6 is 0 Å². The number of aryl methyl sites for hydroxylation is 2. The third-order valence-corrected chi connectivity index (χ3v) is 2.81. The van der Waals surface area contributed by atoms with Gasteiger partial charge in [0.2, 0.25) is 0 Å². The van der Waals surface area contributed by atoms with Crippen LogP contribution in [0.2, 0.25) is 0 Å². The van der Waals surface area contributed by atoms with Crippen LogP contribution in [-0.4, -0.2) is 14.9 Å². The van der Waals surface area contributed by atoms with Crippen molar-refractivity contribution in [3.63, 3.8) is 0 Å². The van der Waals surface area contributed by atoms with Gasteiger partial charge in [0.1, 0.15) is 11.9 Å². The molecule has 0 aliphatic heterocycles. The fraction of sp³-hybridized carbons (Fsp3) is 0.308. The predicted molar refractivity (Wildman–Crippen MR) is 63.1 cm³/mol. The molecular formula is C13H15FN2O. The first-order valence-electron chi connectivity index (χ1n) is 5.59. The molecule has 1 aromatic heterocycles. The average Bonchev–Trinajstić information content (AvgIpc) is 2.80. The molecule has 1 atom stereocenters. The average molecular weight is 234 g/mol. The molecule has 0 amide bonds. The molecule has 1 aromatic carbocycles. The highest BCUT2D eigenvalue weighted by Crippen LogP contribution is 2.25. The zero-order chi connectivity index (χ0) is 12.4. The highest BCUT2D eigenvalue weighted by molar-refractivity contribution is 5.32. The van der Waals surface area contributed by atoms with Crippen molar-refractivity contribution in [1.82, 2.24) is 9.78 Å². The van der Waals surface area contributed by atoms with Gasteiger partial charge in [-0.15, -0.1) is 0 Å². The van der Waals surface area contributed by atoms with E-state index in [1.54, 1.807) is 42.2 Å². The second kappa shape index (κ2) is 4.67. The molecule has 17 heavy (non-hydrogen) atoms. The third-order valence-electron chi connectivity index (χ3n) is 2.81. The number of benzene rings is 1. The zero-order valence-electron chi connectivity index (χ0n) is 9.89. The van der Waals surface area contributed by atoms with Crippen LogP contribution in [0.15, 0.2) is 30.6 Å². The minimum atomic E-state index is -0.963. The van der Waals surface area contributed by atoms with Gasteiger partial charge in [-0.3, -0.25) is 4.68 Å². The summed E-state index contributed by atoms with van der Waals surface area (Å²) in [4.78, 5) is 0. The SMILES string of the molecule is CCn1cc(C(O)c2cccc(C)c2F)cn1. The van der Waals surface area contributed by atoms with E-state index in [1.165, 1.54) is 0 Å². The summed E-state index contributed by atoms with van der Waals surface area (Å²) < 4.78 is 15.5. The Labute approximate surface area is 99.5 Å². The molecule has 4 heteroatoms. The second-order valence-corrected chi connectivity index (χ2v) is 4.01. The molecule has 1 heterocycles. The maximum Gasteiger partial charge on any atom is 0.132 e. The van der Waals surface area contributed by atoms with Gasteiger partial charge in [-0.1, -0.05) is 18.2 Å². The Kier molecular flexibility index (Phi) is 3.24. The fourth-order valence-electron chi connectivity index (χ4n) is 1.75. The molecule has 2 aromatic rings. The number of aromatic nitrogens is 2. The Morgan fingerprint density at radius 1 is 1.47 bits per heavy atom. The Morgan fingerprint density at radius 2 is 2.24 bits per heavy atom. The summed E-state index contributed by atoms with van der Waals surface area (Å²) in [5, 5.41) is 14.2. The molecule has 0 spiro atoms. The van der Waals surface area contributed by atoms with Crippen LogP contribution in [0.4, 0.5) is 4.39 Å². The number of halogens is 1. The van der Waals surface area contributed by atoms with Crippen LogP contribution in [0, 0.1) is 12.7 Å². The Morgan fingerprint density at radius 3 is 2.88 bits per heavy atom. The molecular weight excluding hydrogens is 219 g/mol. The molecule has 2 rings (SSSR count). The molecule has 90 valence electrons. The van der Waals surface area contributed by atoms with Crippen LogP contribution in [0.3, 0.4) is 0 Å². The van der Waals surface area contributed by atoms with Crippen molar-refractivity contribution in [3.8, 4) is 0 Å². The van der Waals surface area contributed by atoms with Crippen molar-refractivity contribution in [2.24, 2.45) is 0 Å². The van der Waals surface area contributed by atoms with Gasteiger partial charge in [0.25, 0.3) is 0 Å². The van der Waals surface area contributed by atoms with Crippen molar-refractivity contribution in [2.45, 2.75) is 26.5 Å². The first-order valence-corrected chi connectivity index (χ1v) is 5.59. The molecule has 0 saturated heterocycles. The summed E-state index contributed by atoms with van der Waals surface area (Å²) in [6.07, 6.45) is 2.33. The highest BCUT2D eigenvalue weighted by Gasteiger charge is 2.17. The van der Waals surface area contributed by atoms with E-state index in [2.05, 4.69) is 5.10 Å². The lowest BCUT2D eigenvalue weighted by molar-refractivity contribution is 0.214. The van der Waals surface area contributed by atoms with E-state index in [0.717, 1.165) is 6.54 Å². The van der Waals surface area contributed by atoms with Crippen molar-refractivity contribution in [3.05, 3.63) is 53.1 Å². The Hall–Kier alpha value is -1.68. The molecule has 0 saturated carbocycles. The molecule has 0 fully saturated rings. The first kappa shape index (κ1) is 11.8. The molecule has 0 bridgehead atoms. The summed E-state index contributed by atoms with van der Waals surface area (Å²) in [5.41, 5.74) is 1.43. The van der Waals surface area contributed by atoms with Gasteiger partial charge >= 0.3 is 0 Å². The van der Waals surface area contributed by atoms with Gasteiger partial charge in [0, 0.05) is 23.9 Å². The van der Waals surface area contributed by atoms with Gasteiger partial charge in [0.05, 0.1) is 6.20 Å². The van der Waals surface area contributed by atoms with Gasteiger partial charge in [-0.05, 0) is 19.4 Å². The van der Waals surface area contributed by atoms with E-state index < -0.39 is 6.10 Å². The monoisotopic (exact) mass is 234 g/mol. The summed E-state index contributed by atoms with van der Waals surface area (Å²) in [5.74, 6) is -0.357. The van der Waals surface area contributed by atoms with E-state index in [1.807, 2.05) is 6.92 Å². The van der Waals surface area contributed by atoms with Gasteiger partial charge in [-0.25, -0.2) is 4.39 Å². The topological polar surface area (TPSA) is 38.0 Å². The quantitative estimate of drug-likeness (QED) is 0.885. The standard InChI is InChI=1S/C13H15FN2O/c1-3-16-8-10(7-15-16)13(17)11-6-4-5-9(2)12(11)14/h4-8,13,17H,3H2,1-2H3. The van der Waals surface area contributed by atoms with E-state index in [9.17, 15) is 9.50 Å². The number of hydrogen-bond donors (Lipinski definition) is 1. The highest BCUT2D eigenvalue weighted by atomic mass is 19.1. The van der Waals surface area contributed by atoms with Crippen LogP contribution in [0.1, 0.15) is 29.7 Å². The van der Waals surface area contributed by atoms with Crippen LogP contribution in [-0.2, 0) is 6.54 Å². The Balaban J connectivity index is 2.36. The van der Waals surface area contributed by atoms with Crippen molar-refractivity contribution in [1.29, 1.82) is 0 Å². The lowest BCUT2D eigenvalue weighted by Crippen LogP contribution is -2.03. The second-order valence-electron chi connectivity index (χ2n) is 4.01. The molecule has 0 aliphatic carbocycles. The van der Waals surface area contributed by atoms with Crippen molar-refractivity contribution < 1.29 is 9.50 Å².